The molecule has 0 saturated heterocycles. The van der Waals surface area contributed by atoms with Gasteiger partial charge in [-0.3, -0.25) is 14.3 Å². The first-order valence-corrected chi connectivity index (χ1v) is 9.62. The Kier molecular flexibility index (Phi) is 6.05. The number of nitrogens with zero attached hydrogens (tertiary/aromatic N) is 1. The van der Waals surface area contributed by atoms with E-state index in [1.54, 1.807) is 6.92 Å². The highest BCUT2D eigenvalue weighted by Crippen LogP contribution is 2.36. The minimum atomic E-state index is -3.82. The highest BCUT2D eigenvalue weighted by molar-refractivity contribution is 7.91. The van der Waals surface area contributed by atoms with E-state index in [-0.39, 0.29) is 27.2 Å². The van der Waals surface area contributed by atoms with Crippen molar-refractivity contribution in [1.82, 2.24) is 4.72 Å². The van der Waals surface area contributed by atoms with Crippen LogP contribution in [0.25, 0.3) is 0 Å². The van der Waals surface area contributed by atoms with Gasteiger partial charge in [-0.25, -0.2) is 13.1 Å². The van der Waals surface area contributed by atoms with Crippen molar-refractivity contribution in [3.63, 3.8) is 0 Å². The molecule has 0 aliphatic rings. The predicted octanol–water partition coefficient (Wildman–Crippen LogP) is 0.745. The fourth-order valence-electron chi connectivity index (χ4n) is 1.31. The van der Waals surface area contributed by atoms with Gasteiger partial charge in [-0.05, 0) is 6.92 Å². The molecule has 0 fully saturated rings. The van der Waals surface area contributed by atoms with Crippen molar-refractivity contribution in [2.45, 2.75) is 11.1 Å². The molecular formula is C9H15N3O5S3. The molecule has 0 aliphatic heterocycles. The van der Waals surface area contributed by atoms with Crippen molar-refractivity contribution in [1.29, 1.82) is 0 Å². The average Bonchev–Trinajstić information content (AvgIpc) is 2.73. The standard InChI is InChI=1S/C9H15N3O5S3/c1-3-10-9-7(12(13)14)6-8(18-9)20(16,17)11-4-5-19(2)15/h6,10-11H,3-5H2,1-2H3. The summed E-state index contributed by atoms with van der Waals surface area (Å²) in [5, 5.41) is 13.8. The van der Waals surface area contributed by atoms with E-state index in [0.717, 1.165) is 17.4 Å². The van der Waals surface area contributed by atoms with Gasteiger partial charge in [0.15, 0.2) is 5.00 Å². The summed E-state index contributed by atoms with van der Waals surface area (Å²) in [7, 11) is -4.93. The number of nitro groups is 1. The summed E-state index contributed by atoms with van der Waals surface area (Å²) in [5.41, 5.74) is -0.267. The maximum atomic E-state index is 12.0. The zero-order valence-electron chi connectivity index (χ0n) is 10.9. The lowest BCUT2D eigenvalue weighted by atomic mass is 10.5. The van der Waals surface area contributed by atoms with Crippen LogP contribution in [0.2, 0.25) is 0 Å². The van der Waals surface area contributed by atoms with Gasteiger partial charge in [-0.1, -0.05) is 11.3 Å². The fraction of sp³-hybridized carbons (Fsp3) is 0.556. The number of thiophene rings is 1. The molecule has 1 aromatic rings. The van der Waals surface area contributed by atoms with Crippen LogP contribution in [0.4, 0.5) is 10.7 Å². The van der Waals surface area contributed by atoms with Gasteiger partial charge in [0.1, 0.15) is 4.21 Å². The first-order valence-electron chi connectivity index (χ1n) is 5.59. The SMILES string of the molecule is CCNc1sc(S(=O)(=O)NCCS(C)=O)cc1[N+](=O)[O-]. The Hall–Kier alpha value is -1.04. The molecule has 11 heteroatoms. The quantitative estimate of drug-likeness (QED) is 0.532. The van der Waals surface area contributed by atoms with Crippen LogP contribution in [-0.4, -0.2) is 42.6 Å². The highest BCUT2D eigenvalue weighted by Gasteiger charge is 2.25. The van der Waals surface area contributed by atoms with Gasteiger partial charge in [0.05, 0.1) is 4.92 Å². The third-order valence-corrected chi connectivity index (χ3v) is 5.97. The summed E-state index contributed by atoms with van der Waals surface area (Å²) < 4.78 is 36.9. The highest BCUT2D eigenvalue weighted by atomic mass is 32.2. The zero-order valence-corrected chi connectivity index (χ0v) is 13.4. The zero-order chi connectivity index (χ0) is 15.3. The third kappa shape index (κ3) is 4.51. The van der Waals surface area contributed by atoms with Crippen LogP contribution in [0, 0.1) is 10.1 Å². The molecule has 0 bridgehead atoms. The molecule has 1 aromatic heterocycles. The molecule has 20 heavy (non-hydrogen) atoms. The molecule has 114 valence electrons. The van der Waals surface area contributed by atoms with Crippen molar-refractivity contribution in [2.75, 3.05) is 30.4 Å². The van der Waals surface area contributed by atoms with Gasteiger partial charge in [-0.15, -0.1) is 0 Å². The van der Waals surface area contributed by atoms with Crippen LogP contribution >= 0.6 is 11.3 Å². The summed E-state index contributed by atoms with van der Waals surface area (Å²) in [6.07, 6.45) is 1.47. The number of nitrogens with one attached hydrogen (secondary N) is 2. The Labute approximate surface area is 123 Å². The average molecular weight is 341 g/mol. The summed E-state index contributed by atoms with van der Waals surface area (Å²) >= 11 is 0.799. The summed E-state index contributed by atoms with van der Waals surface area (Å²) in [4.78, 5) is 10.2. The van der Waals surface area contributed by atoms with E-state index in [2.05, 4.69) is 10.0 Å². The van der Waals surface area contributed by atoms with Gasteiger partial charge in [0.2, 0.25) is 10.0 Å². The maximum Gasteiger partial charge on any atom is 0.304 e. The molecule has 0 saturated carbocycles. The monoisotopic (exact) mass is 341 g/mol. The second-order valence-electron chi connectivity index (χ2n) is 3.74. The molecule has 1 atom stereocenters. The van der Waals surface area contributed by atoms with Crippen molar-refractivity contribution < 1.29 is 17.6 Å². The summed E-state index contributed by atoms with van der Waals surface area (Å²) in [5.74, 6) is 0.187. The molecule has 1 heterocycles. The number of hydrogen-bond donors (Lipinski definition) is 2. The number of rotatable bonds is 8. The molecule has 0 aromatic carbocycles. The van der Waals surface area contributed by atoms with E-state index in [1.807, 2.05) is 0 Å². The molecule has 1 unspecified atom stereocenters. The van der Waals surface area contributed by atoms with Crippen LogP contribution in [0.3, 0.4) is 0 Å². The minimum absolute atomic E-state index is 0.0215. The Morgan fingerprint density at radius 3 is 2.65 bits per heavy atom. The smallest absolute Gasteiger partial charge is 0.304 e. The molecule has 0 radical (unpaired) electrons. The van der Waals surface area contributed by atoms with Gasteiger partial charge in [0, 0.05) is 42.0 Å². The van der Waals surface area contributed by atoms with Gasteiger partial charge < -0.3 is 5.32 Å². The lowest BCUT2D eigenvalue weighted by Gasteiger charge is -2.02. The first-order chi connectivity index (χ1) is 9.27. The van der Waals surface area contributed by atoms with Crippen LogP contribution < -0.4 is 10.0 Å². The van der Waals surface area contributed by atoms with E-state index in [9.17, 15) is 22.7 Å². The minimum Gasteiger partial charge on any atom is -0.372 e. The molecule has 0 amide bonds. The summed E-state index contributed by atoms with van der Waals surface area (Å²) in [6.45, 7) is 2.23. The van der Waals surface area contributed by atoms with Gasteiger partial charge in [-0.2, -0.15) is 0 Å². The van der Waals surface area contributed by atoms with Gasteiger partial charge >= 0.3 is 5.69 Å². The fourth-order valence-corrected chi connectivity index (χ4v) is 4.30. The van der Waals surface area contributed by atoms with Crippen molar-refractivity contribution in [3.8, 4) is 0 Å². The molecule has 0 spiro atoms. The van der Waals surface area contributed by atoms with E-state index in [1.165, 1.54) is 6.26 Å². The van der Waals surface area contributed by atoms with Crippen molar-refractivity contribution >= 4 is 42.8 Å². The molecule has 2 N–H and O–H groups in total. The van der Waals surface area contributed by atoms with E-state index < -0.39 is 25.7 Å². The second-order valence-corrected chi connectivity index (χ2v) is 8.34. The molecule has 0 aliphatic carbocycles. The van der Waals surface area contributed by atoms with Crippen LogP contribution in [0.1, 0.15) is 6.92 Å². The topological polar surface area (TPSA) is 118 Å². The number of hydrogen-bond acceptors (Lipinski definition) is 7. The Balaban J connectivity index is 2.97. The maximum absolute atomic E-state index is 12.0. The molecule has 8 nitrogen and oxygen atoms in total. The normalized spacial score (nSPS) is 13.1. The molecular weight excluding hydrogens is 326 g/mol. The van der Waals surface area contributed by atoms with Crippen LogP contribution in [0.5, 0.6) is 0 Å². The first kappa shape index (κ1) is 17.0. The Morgan fingerprint density at radius 2 is 2.15 bits per heavy atom. The predicted molar refractivity (Wildman–Crippen MR) is 79.3 cm³/mol. The largest absolute Gasteiger partial charge is 0.372 e. The van der Waals surface area contributed by atoms with Crippen LogP contribution in [-0.2, 0) is 20.8 Å². The lowest BCUT2D eigenvalue weighted by molar-refractivity contribution is -0.383. The number of sulfonamides is 1. The number of anilines is 1. The summed E-state index contributed by atoms with van der Waals surface area (Å²) in [6, 6.07) is 1.02. The Bertz CT molecular complexity index is 610. The van der Waals surface area contributed by atoms with E-state index >= 15 is 0 Å². The van der Waals surface area contributed by atoms with E-state index in [4.69, 9.17) is 0 Å². The lowest BCUT2D eigenvalue weighted by Crippen LogP contribution is -2.27. The Morgan fingerprint density at radius 1 is 1.50 bits per heavy atom. The van der Waals surface area contributed by atoms with Crippen molar-refractivity contribution in [3.05, 3.63) is 16.2 Å². The second kappa shape index (κ2) is 7.11. The van der Waals surface area contributed by atoms with Gasteiger partial charge in [0.25, 0.3) is 0 Å². The third-order valence-electron chi connectivity index (χ3n) is 2.17. The molecule has 1 rings (SSSR count). The van der Waals surface area contributed by atoms with Crippen molar-refractivity contribution in [2.24, 2.45) is 0 Å². The van der Waals surface area contributed by atoms with Crippen LogP contribution in [0.15, 0.2) is 10.3 Å². The van der Waals surface area contributed by atoms with E-state index in [0.29, 0.717) is 6.54 Å².